The lowest BCUT2D eigenvalue weighted by Crippen LogP contribution is -2.39. The Morgan fingerprint density at radius 2 is 2.05 bits per heavy atom. The largest absolute Gasteiger partial charge is 0.310 e. The number of hydrogen-bond donors (Lipinski definition) is 1. The summed E-state index contributed by atoms with van der Waals surface area (Å²) in [5.74, 6) is -0.155. The Bertz CT molecular complexity index is 404. The van der Waals surface area contributed by atoms with Crippen LogP contribution in [0.25, 0.3) is 0 Å². The van der Waals surface area contributed by atoms with Crippen molar-refractivity contribution in [3.8, 4) is 0 Å². The van der Waals surface area contributed by atoms with E-state index in [1.807, 2.05) is 12.1 Å². The first-order valence-corrected chi connectivity index (χ1v) is 8.43. The van der Waals surface area contributed by atoms with E-state index in [0.717, 1.165) is 25.9 Å². The highest BCUT2D eigenvalue weighted by Gasteiger charge is 2.19. The van der Waals surface area contributed by atoms with Crippen LogP contribution in [0.4, 0.5) is 4.39 Å². The number of piperidine rings is 1. The molecule has 0 aliphatic carbocycles. The third-order valence-corrected chi connectivity index (χ3v) is 4.56. The molecule has 1 aliphatic rings. The van der Waals surface area contributed by atoms with Crippen LogP contribution in [0.15, 0.2) is 24.3 Å². The summed E-state index contributed by atoms with van der Waals surface area (Å²) in [4.78, 5) is 2.60. The summed E-state index contributed by atoms with van der Waals surface area (Å²) < 4.78 is 13.1. The minimum absolute atomic E-state index is 0.155. The molecule has 2 rings (SSSR count). The van der Waals surface area contributed by atoms with Crippen molar-refractivity contribution in [2.75, 3.05) is 19.6 Å². The van der Waals surface area contributed by atoms with Gasteiger partial charge in [0.25, 0.3) is 0 Å². The minimum Gasteiger partial charge on any atom is -0.310 e. The first kappa shape index (κ1) is 16.4. The molecule has 2 atom stereocenters. The molecular weight excluding hydrogens is 263 g/mol. The van der Waals surface area contributed by atoms with E-state index >= 15 is 0 Å². The summed E-state index contributed by atoms with van der Waals surface area (Å²) in [6, 6.07) is 8.02. The van der Waals surface area contributed by atoms with Crippen molar-refractivity contribution >= 4 is 0 Å². The van der Waals surface area contributed by atoms with E-state index in [4.69, 9.17) is 0 Å². The molecule has 0 spiro atoms. The second kappa shape index (κ2) is 8.50. The van der Waals surface area contributed by atoms with Crippen LogP contribution in [0, 0.1) is 5.82 Å². The van der Waals surface area contributed by atoms with Crippen LogP contribution in [-0.4, -0.2) is 30.6 Å². The van der Waals surface area contributed by atoms with Crippen molar-refractivity contribution in [3.63, 3.8) is 0 Å². The molecule has 1 saturated heterocycles. The molecule has 118 valence electrons. The zero-order valence-corrected chi connectivity index (χ0v) is 13.4. The summed E-state index contributed by atoms with van der Waals surface area (Å²) in [7, 11) is 0. The van der Waals surface area contributed by atoms with Crippen LogP contribution in [0.5, 0.6) is 0 Å². The summed E-state index contributed by atoms with van der Waals surface area (Å²) in [6.45, 7) is 7.88. The number of nitrogens with one attached hydrogen (secondary N) is 1. The summed E-state index contributed by atoms with van der Waals surface area (Å²) in [5, 5.41) is 3.61. The molecule has 1 aromatic carbocycles. The quantitative estimate of drug-likeness (QED) is 0.813. The van der Waals surface area contributed by atoms with E-state index in [2.05, 4.69) is 24.1 Å². The number of likely N-dealkylation sites (tertiary alicyclic amines) is 1. The fourth-order valence-electron chi connectivity index (χ4n) is 3.18. The van der Waals surface area contributed by atoms with E-state index in [1.165, 1.54) is 31.4 Å². The van der Waals surface area contributed by atoms with Gasteiger partial charge in [-0.15, -0.1) is 0 Å². The molecule has 0 saturated carbocycles. The van der Waals surface area contributed by atoms with Gasteiger partial charge in [-0.25, -0.2) is 4.39 Å². The van der Waals surface area contributed by atoms with Gasteiger partial charge in [-0.05, 0) is 63.4 Å². The maximum atomic E-state index is 13.1. The Morgan fingerprint density at radius 1 is 1.29 bits per heavy atom. The predicted octanol–water partition coefficient (Wildman–Crippen LogP) is 4.13. The molecule has 2 unspecified atom stereocenters. The zero-order chi connectivity index (χ0) is 15.1. The Hall–Kier alpha value is -0.930. The summed E-state index contributed by atoms with van der Waals surface area (Å²) in [5.41, 5.74) is 1.20. The van der Waals surface area contributed by atoms with Crippen LogP contribution in [0.3, 0.4) is 0 Å². The molecule has 21 heavy (non-hydrogen) atoms. The number of rotatable bonds is 7. The normalized spacial score (nSPS) is 21.4. The average Bonchev–Trinajstić information content (AvgIpc) is 2.50. The predicted molar refractivity (Wildman–Crippen MR) is 86.9 cm³/mol. The Balaban J connectivity index is 1.94. The van der Waals surface area contributed by atoms with Crippen LogP contribution < -0.4 is 5.32 Å². The van der Waals surface area contributed by atoms with E-state index in [-0.39, 0.29) is 5.82 Å². The molecule has 1 heterocycles. The van der Waals surface area contributed by atoms with Crippen molar-refractivity contribution in [1.82, 2.24) is 10.2 Å². The number of benzene rings is 1. The van der Waals surface area contributed by atoms with Crippen molar-refractivity contribution in [2.45, 2.75) is 58.0 Å². The molecule has 0 aromatic heterocycles. The first-order valence-electron chi connectivity index (χ1n) is 8.43. The van der Waals surface area contributed by atoms with Gasteiger partial charge in [0.15, 0.2) is 0 Å². The summed E-state index contributed by atoms with van der Waals surface area (Å²) >= 11 is 0. The van der Waals surface area contributed by atoms with Crippen molar-refractivity contribution in [1.29, 1.82) is 0 Å². The SMILES string of the molecule is CCCNC(CCN1CCCCC1C)c1ccc(F)cc1. The number of halogens is 1. The van der Waals surface area contributed by atoms with E-state index in [0.29, 0.717) is 12.1 Å². The van der Waals surface area contributed by atoms with Gasteiger partial charge in [0.05, 0.1) is 0 Å². The average molecular weight is 292 g/mol. The third-order valence-electron chi connectivity index (χ3n) is 4.56. The van der Waals surface area contributed by atoms with Gasteiger partial charge in [0.2, 0.25) is 0 Å². The van der Waals surface area contributed by atoms with Crippen molar-refractivity contribution < 1.29 is 4.39 Å². The highest BCUT2D eigenvalue weighted by molar-refractivity contribution is 5.20. The lowest BCUT2D eigenvalue weighted by atomic mass is 10.00. The lowest BCUT2D eigenvalue weighted by Gasteiger charge is -2.34. The fraction of sp³-hybridized carbons (Fsp3) is 0.667. The molecule has 1 N–H and O–H groups in total. The van der Waals surface area contributed by atoms with Crippen LogP contribution in [0.1, 0.15) is 57.6 Å². The van der Waals surface area contributed by atoms with Gasteiger partial charge in [0.1, 0.15) is 5.82 Å². The Kier molecular flexibility index (Phi) is 6.65. The van der Waals surface area contributed by atoms with Crippen LogP contribution >= 0.6 is 0 Å². The van der Waals surface area contributed by atoms with E-state index in [1.54, 1.807) is 12.1 Å². The molecule has 0 amide bonds. The topological polar surface area (TPSA) is 15.3 Å². The molecule has 1 aromatic rings. The van der Waals surface area contributed by atoms with Crippen molar-refractivity contribution in [3.05, 3.63) is 35.6 Å². The van der Waals surface area contributed by atoms with Crippen LogP contribution in [-0.2, 0) is 0 Å². The van der Waals surface area contributed by atoms with Gasteiger partial charge in [-0.1, -0.05) is 25.5 Å². The fourth-order valence-corrected chi connectivity index (χ4v) is 3.18. The standard InChI is InChI=1S/C18H29FN2/c1-3-12-20-18(16-7-9-17(19)10-8-16)11-14-21-13-5-4-6-15(21)2/h7-10,15,18,20H,3-6,11-14H2,1-2H3. The smallest absolute Gasteiger partial charge is 0.123 e. The number of hydrogen-bond acceptors (Lipinski definition) is 2. The molecule has 0 radical (unpaired) electrons. The van der Waals surface area contributed by atoms with Crippen LogP contribution in [0.2, 0.25) is 0 Å². The molecule has 1 fully saturated rings. The number of nitrogens with zero attached hydrogens (tertiary/aromatic N) is 1. The van der Waals surface area contributed by atoms with Gasteiger partial charge in [0, 0.05) is 18.6 Å². The molecule has 0 bridgehead atoms. The third kappa shape index (κ3) is 5.08. The van der Waals surface area contributed by atoms with E-state index < -0.39 is 0 Å². The van der Waals surface area contributed by atoms with Gasteiger partial charge >= 0.3 is 0 Å². The van der Waals surface area contributed by atoms with Gasteiger partial charge in [-0.3, -0.25) is 0 Å². The monoisotopic (exact) mass is 292 g/mol. The van der Waals surface area contributed by atoms with Gasteiger partial charge in [-0.2, -0.15) is 0 Å². The molecule has 1 aliphatic heterocycles. The molecular formula is C18H29FN2. The van der Waals surface area contributed by atoms with Crippen molar-refractivity contribution in [2.24, 2.45) is 0 Å². The second-order valence-electron chi connectivity index (χ2n) is 6.23. The Labute approximate surface area is 128 Å². The maximum absolute atomic E-state index is 13.1. The summed E-state index contributed by atoms with van der Waals surface area (Å²) in [6.07, 6.45) is 6.23. The highest BCUT2D eigenvalue weighted by atomic mass is 19.1. The highest BCUT2D eigenvalue weighted by Crippen LogP contribution is 2.21. The lowest BCUT2D eigenvalue weighted by molar-refractivity contribution is 0.153. The first-order chi connectivity index (χ1) is 10.2. The van der Waals surface area contributed by atoms with E-state index in [9.17, 15) is 4.39 Å². The molecule has 2 nitrogen and oxygen atoms in total. The minimum atomic E-state index is -0.155. The second-order valence-corrected chi connectivity index (χ2v) is 6.23. The zero-order valence-electron chi connectivity index (χ0n) is 13.4. The maximum Gasteiger partial charge on any atom is 0.123 e. The van der Waals surface area contributed by atoms with Gasteiger partial charge < -0.3 is 10.2 Å². The molecule has 3 heteroatoms. The Morgan fingerprint density at radius 3 is 2.71 bits per heavy atom.